The van der Waals surface area contributed by atoms with Crippen LogP contribution in [0, 0.1) is 0 Å². The monoisotopic (exact) mass is 844 g/mol. The molecule has 352 valence electrons. The quantitative estimate of drug-likeness (QED) is 0.0245. The molecule has 0 aliphatic rings. The summed E-state index contributed by atoms with van der Waals surface area (Å²) < 4.78 is 5.91. The number of hydrogen-bond acceptors (Lipinski definition) is 5. The first-order valence-electron chi connectivity index (χ1n) is 26.2. The topological polar surface area (TPSA) is 95.9 Å². The van der Waals surface area contributed by atoms with Gasteiger partial charge in [-0.1, -0.05) is 224 Å². The summed E-state index contributed by atoms with van der Waals surface area (Å²) in [5.41, 5.74) is 0. The molecule has 0 aliphatic carbocycles. The van der Waals surface area contributed by atoms with Gasteiger partial charge in [0, 0.05) is 6.42 Å². The van der Waals surface area contributed by atoms with Gasteiger partial charge in [-0.2, -0.15) is 0 Å². The van der Waals surface area contributed by atoms with Crippen LogP contribution in [0.15, 0.2) is 36.5 Å². The molecule has 3 unspecified atom stereocenters. The Bertz CT molecular complexity index is 993. The Morgan fingerprint density at radius 1 is 0.483 bits per heavy atom. The van der Waals surface area contributed by atoms with Crippen LogP contribution in [0.1, 0.15) is 271 Å². The maximum absolute atomic E-state index is 13.2. The maximum Gasteiger partial charge on any atom is 0.306 e. The highest BCUT2D eigenvalue weighted by molar-refractivity contribution is 5.77. The number of carbonyl (C=O) groups is 2. The van der Waals surface area contributed by atoms with Crippen LogP contribution in [0.2, 0.25) is 0 Å². The summed E-state index contributed by atoms with van der Waals surface area (Å²) in [5, 5.41) is 23.7. The van der Waals surface area contributed by atoms with Crippen molar-refractivity contribution in [3.8, 4) is 0 Å². The largest absolute Gasteiger partial charge is 0.462 e. The third kappa shape index (κ3) is 42.8. The van der Waals surface area contributed by atoms with Crippen LogP contribution in [0.3, 0.4) is 0 Å². The number of unbranched alkanes of at least 4 members (excludes halogenated alkanes) is 30. The molecule has 6 nitrogen and oxygen atoms in total. The molecule has 0 bridgehead atoms. The number of hydrogen-bond donors (Lipinski definition) is 3. The van der Waals surface area contributed by atoms with Crippen LogP contribution in [0.5, 0.6) is 0 Å². The number of allylic oxidation sites excluding steroid dienone is 6. The normalized spacial score (nSPS) is 13.5. The average molecular weight is 844 g/mol. The van der Waals surface area contributed by atoms with Crippen LogP contribution in [0.4, 0.5) is 0 Å². The van der Waals surface area contributed by atoms with E-state index in [4.69, 9.17) is 4.74 Å². The van der Waals surface area contributed by atoms with Gasteiger partial charge in [0.2, 0.25) is 5.91 Å². The van der Waals surface area contributed by atoms with Gasteiger partial charge in [-0.3, -0.25) is 9.59 Å². The van der Waals surface area contributed by atoms with E-state index in [1.54, 1.807) is 0 Å². The SMILES string of the molecule is CCCCCCCC/C=C\CCCC(CC(=O)NC(CO)C(O)CCCCCCCCCCCCCC)OC(=O)CCCCCCC/C=C/C=C/CCCCCCCCC. The number of aliphatic hydroxyl groups is 2. The minimum absolute atomic E-state index is 0.0524. The Morgan fingerprint density at radius 2 is 0.867 bits per heavy atom. The molecule has 0 aliphatic heterocycles. The molecule has 0 fully saturated rings. The molecule has 0 radical (unpaired) electrons. The third-order valence-electron chi connectivity index (χ3n) is 12.0. The molecule has 60 heavy (non-hydrogen) atoms. The first-order valence-corrected chi connectivity index (χ1v) is 26.2. The molecule has 1 amide bonds. The van der Waals surface area contributed by atoms with Crippen molar-refractivity contribution in [2.75, 3.05) is 6.61 Å². The Hall–Kier alpha value is -1.92. The van der Waals surface area contributed by atoms with Gasteiger partial charge in [0.25, 0.3) is 0 Å². The second-order valence-corrected chi connectivity index (χ2v) is 17.9. The van der Waals surface area contributed by atoms with Crippen LogP contribution in [0.25, 0.3) is 0 Å². The highest BCUT2D eigenvalue weighted by Gasteiger charge is 2.24. The van der Waals surface area contributed by atoms with E-state index in [1.807, 2.05) is 0 Å². The first-order chi connectivity index (χ1) is 29.5. The van der Waals surface area contributed by atoms with Gasteiger partial charge in [-0.05, 0) is 70.6 Å². The molecular formula is C54H101NO5. The lowest BCUT2D eigenvalue weighted by Gasteiger charge is -2.24. The number of ether oxygens (including phenoxy) is 1. The molecule has 0 spiro atoms. The summed E-state index contributed by atoms with van der Waals surface area (Å²) in [6, 6.07) is -0.710. The van der Waals surface area contributed by atoms with E-state index in [2.05, 4.69) is 62.5 Å². The van der Waals surface area contributed by atoms with E-state index >= 15 is 0 Å². The predicted molar refractivity (Wildman–Crippen MR) is 259 cm³/mol. The molecule has 0 heterocycles. The second-order valence-electron chi connectivity index (χ2n) is 17.9. The molecule has 0 saturated heterocycles. The van der Waals surface area contributed by atoms with Gasteiger partial charge in [-0.25, -0.2) is 0 Å². The van der Waals surface area contributed by atoms with E-state index in [0.717, 1.165) is 70.6 Å². The Morgan fingerprint density at radius 3 is 1.32 bits per heavy atom. The Balaban J connectivity index is 4.55. The third-order valence-corrected chi connectivity index (χ3v) is 12.0. The van der Waals surface area contributed by atoms with Gasteiger partial charge in [0.05, 0.1) is 25.2 Å². The lowest BCUT2D eigenvalue weighted by molar-refractivity contribution is -0.151. The van der Waals surface area contributed by atoms with Crippen LogP contribution < -0.4 is 5.32 Å². The summed E-state index contributed by atoms with van der Waals surface area (Å²) in [4.78, 5) is 26.1. The van der Waals surface area contributed by atoms with Crippen molar-refractivity contribution in [3.05, 3.63) is 36.5 Å². The number of rotatable bonds is 47. The van der Waals surface area contributed by atoms with E-state index in [-0.39, 0.29) is 24.9 Å². The van der Waals surface area contributed by atoms with Gasteiger partial charge >= 0.3 is 5.97 Å². The minimum Gasteiger partial charge on any atom is -0.462 e. The fraction of sp³-hybridized carbons (Fsp3) is 0.852. The fourth-order valence-electron chi connectivity index (χ4n) is 7.95. The second kappa shape index (κ2) is 48.1. The molecule has 0 rings (SSSR count). The average Bonchev–Trinajstić information content (AvgIpc) is 3.24. The number of aliphatic hydroxyl groups excluding tert-OH is 2. The molecule has 6 heteroatoms. The molecule has 0 saturated carbocycles. The van der Waals surface area contributed by atoms with Crippen molar-refractivity contribution in [1.82, 2.24) is 5.32 Å². The highest BCUT2D eigenvalue weighted by atomic mass is 16.5. The molecule has 0 aromatic rings. The summed E-state index contributed by atoms with van der Waals surface area (Å²) in [7, 11) is 0. The first kappa shape index (κ1) is 58.1. The predicted octanol–water partition coefficient (Wildman–Crippen LogP) is 15.7. The maximum atomic E-state index is 13.2. The Labute approximate surface area is 373 Å². The van der Waals surface area contributed by atoms with Crippen LogP contribution >= 0.6 is 0 Å². The van der Waals surface area contributed by atoms with Crippen LogP contribution in [-0.2, 0) is 14.3 Å². The van der Waals surface area contributed by atoms with E-state index in [1.165, 1.54) is 154 Å². The lowest BCUT2D eigenvalue weighted by atomic mass is 10.0. The minimum atomic E-state index is -0.794. The zero-order chi connectivity index (χ0) is 43.8. The fourth-order valence-corrected chi connectivity index (χ4v) is 7.95. The smallest absolute Gasteiger partial charge is 0.306 e. The van der Waals surface area contributed by atoms with Crippen molar-refractivity contribution in [2.24, 2.45) is 0 Å². The number of carbonyl (C=O) groups excluding carboxylic acids is 2. The lowest BCUT2D eigenvalue weighted by Crippen LogP contribution is -2.46. The zero-order valence-electron chi connectivity index (χ0n) is 40.1. The molecule has 3 atom stereocenters. The number of nitrogens with one attached hydrogen (secondary N) is 1. The Kier molecular flexibility index (Phi) is 46.6. The zero-order valence-corrected chi connectivity index (χ0v) is 40.1. The van der Waals surface area contributed by atoms with Gasteiger partial charge < -0.3 is 20.3 Å². The van der Waals surface area contributed by atoms with E-state index < -0.39 is 18.2 Å². The van der Waals surface area contributed by atoms with Gasteiger partial charge in [0.15, 0.2) is 0 Å². The molecule has 0 aromatic carbocycles. The summed E-state index contributed by atoms with van der Waals surface area (Å²) in [5.74, 6) is -0.514. The molecule has 0 aromatic heterocycles. The van der Waals surface area contributed by atoms with Crippen molar-refractivity contribution < 1.29 is 24.5 Å². The summed E-state index contributed by atoms with van der Waals surface area (Å²) in [6.07, 6.45) is 56.4. The number of amides is 1. The summed E-state index contributed by atoms with van der Waals surface area (Å²) in [6.45, 7) is 6.46. The van der Waals surface area contributed by atoms with Crippen molar-refractivity contribution in [1.29, 1.82) is 0 Å². The van der Waals surface area contributed by atoms with Crippen molar-refractivity contribution in [2.45, 2.75) is 289 Å². The number of esters is 1. The van der Waals surface area contributed by atoms with Crippen molar-refractivity contribution >= 4 is 11.9 Å². The molecule has 3 N–H and O–H groups in total. The van der Waals surface area contributed by atoms with Crippen LogP contribution in [-0.4, -0.2) is 46.9 Å². The van der Waals surface area contributed by atoms with Gasteiger partial charge in [0.1, 0.15) is 6.10 Å². The highest BCUT2D eigenvalue weighted by Crippen LogP contribution is 2.17. The van der Waals surface area contributed by atoms with E-state index in [0.29, 0.717) is 19.3 Å². The standard InChI is InChI=1S/C54H101NO5/c1-4-7-10-13-16-19-22-24-25-26-27-28-29-32-35-38-41-44-47-54(59)60-50(45-42-39-36-33-30-21-18-15-12-9-6-3)48-53(58)55-51(49-56)52(57)46-43-40-37-34-31-23-20-17-14-11-8-5-2/h25-28,33,36,50-52,56-57H,4-24,29-32,34-35,37-49H2,1-3H3,(H,55,58)/b26-25+,28-27+,36-33-. The van der Waals surface area contributed by atoms with Crippen molar-refractivity contribution in [3.63, 3.8) is 0 Å². The summed E-state index contributed by atoms with van der Waals surface area (Å²) >= 11 is 0. The van der Waals surface area contributed by atoms with E-state index in [9.17, 15) is 19.8 Å². The molecular weight excluding hydrogens is 743 g/mol. The van der Waals surface area contributed by atoms with Gasteiger partial charge in [-0.15, -0.1) is 0 Å².